The first-order chi connectivity index (χ1) is 8.47. The maximum atomic E-state index is 11.8. The Labute approximate surface area is 109 Å². The monoisotopic (exact) mass is 264 g/mol. The Hall–Kier alpha value is -1.13. The third-order valence-electron chi connectivity index (χ3n) is 2.95. The number of cyclic esters (lactones) is 1. The molecule has 1 aromatic rings. The van der Waals surface area contributed by atoms with E-state index in [2.05, 4.69) is 19.6 Å². The molecule has 18 heavy (non-hydrogen) atoms. The molecule has 0 bridgehead atoms. The Kier molecular flexibility index (Phi) is 3.87. The summed E-state index contributed by atoms with van der Waals surface area (Å²) in [6, 6.07) is 9.99. The molecule has 4 heteroatoms. The summed E-state index contributed by atoms with van der Waals surface area (Å²) in [6.07, 6.45) is 0.593. The lowest BCUT2D eigenvalue weighted by Gasteiger charge is -2.29. The highest BCUT2D eigenvalue weighted by molar-refractivity contribution is 6.69. The molecule has 1 heterocycles. The third kappa shape index (κ3) is 3.20. The van der Waals surface area contributed by atoms with E-state index in [0.29, 0.717) is 6.61 Å². The average molecular weight is 264 g/mol. The van der Waals surface area contributed by atoms with E-state index in [-0.39, 0.29) is 18.0 Å². The van der Waals surface area contributed by atoms with Crippen molar-refractivity contribution < 1.29 is 14.0 Å². The van der Waals surface area contributed by atoms with Crippen LogP contribution in [-0.4, -0.2) is 20.9 Å². The van der Waals surface area contributed by atoms with Crippen molar-refractivity contribution in [2.75, 3.05) is 6.61 Å². The molecule has 98 valence electrons. The molecule has 1 aromatic carbocycles. The highest BCUT2D eigenvalue weighted by Crippen LogP contribution is 2.35. The third-order valence-corrected chi connectivity index (χ3v) is 3.91. The van der Waals surface area contributed by atoms with Crippen molar-refractivity contribution in [1.29, 1.82) is 0 Å². The summed E-state index contributed by atoms with van der Waals surface area (Å²) in [5, 5.41) is 0. The van der Waals surface area contributed by atoms with Gasteiger partial charge in [-0.2, -0.15) is 0 Å². The number of carbonyl (C=O) groups excluding carboxylic acids is 1. The van der Waals surface area contributed by atoms with Gasteiger partial charge in [-0.3, -0.25) is 4.79 Å². The van der Waals surface area contributed by atoms with E-state index < -0.39 is 8.32 Å². The van der Waals surface area contributed by atoms with Crippen LogP contribution in [0.1, 0.15) is 18.1 Å². The molecule has 0 spiro atoms. The zero-order chi connectivity index (χ0) is 13.2. The van der Waals surface area contributed by atoms with Crippen LogP contribution in [0.25, 0.3) is 0 Å². The summed E-state index contributed by atoms with van der Waals surface area (Å²) < 4.78 is 11.3. The SMILES string of the molecule is C[Si](C)(C)O[C@H](c1ccccc1)[C@@H]1CCOC1=O. The predicted octanol–water partition coefficient (Wildman–Crippen LogP) is 3.14. The van der Waals surface area contributed by atoms with Gasteiger partial charge < -0.3 is 9.16 Å². The van der Waals surface area contributed by atoms with Gasteiger partial charge in [0.05, 0.1) is 18.6 Å². The summed E-state index contributed by atoms with van der Waals surface area (Å²) in [5.41, 5.74) is 1.07. The minimum absolute atomic E-state index is 0.123. The van der Waals surface area contributed by atoms with Gasteiger partial charge in [0.2, 0.25) is 0 Å². The van der Waals surface area contributed by atoms with Crippen LogP contribution in [0.15, 0.2) is 30.3 Å². The first-order valence-corrected chi connectivity index (χ1v) is 9.77. The lowest BCUT2D eigenvalue weighted by atomic mass is 9.95. The minimum atomic E-state index is -1.71. The Morgan fingerprint density at radius 1 is 1.28 bits per heavy atom. The number of esters is 1. The fourth-order valence-electron chi connectivity index (χ4n) is 2.19. The minimum Gasteiger partial charge on any atom is -0.465 e. The molecular weight excluding hydrogens is 244 g/mol. The van der Waals surface area contributed by atoms with E-state index in [0.717, 1.165) is 12.0 Å². The number of hydrogen-bond acceptors (Lipinski definition) is 3. The molecule has 0 aromatic heterocycles. The van der Waals surface area contributed by atoms with Crippen molar-refractivity contribution in [1.82, 2.24) is 0 Å². The standard InChI is InChI=1S/C14H20O3Si/c1-18(2,3)17-13(11-7-5-4-6-8-11)12-9-10-16-14(12)15/h4-8,12-13H,9-10H2,1-3H3/t12-,13+/m0/s1. The van der Waals surface area contributed by atoms with Crippen LogP contribution in [0.2, 0.25) is 19.6 Å². The second-order valence-electron chi connectivity index (χ2n) is 5.62. The normalized spacial score (nSPS) is 21.7. The van der Waals surface area contributed by atoms with Gasteiger partial charge in [-0.25, -0.2) is 0 Å². The molecule has 2 rings (SSSR count). The van der Waals surface area contributed by atoms with Crippen molar-refractivity contribution in [3.63, 3.8) is 0 Å². The van der Waals surface area contributed by atoms with Gasteiger partial charge in [0.25, 0.3) is 0 Å². The number of ether oxygens (including phenoxy) is 1. The summed E-state index contributed by atoms with van der Waals surface area (Å²) in [7, 11) is -1.71. The summed E-state index contributed by atoms with van der Waals surface area (Å²) >= 11 is 0. The molecule has 0 unspecified atom stereocenters. The Morgan fingerprint density at radius 3 is 2.44 bits per heavy atom. The molecule has 2 atom stereocenters. The summed E-state index contributed by atoms with van der Waals surface area (Å²) in [4.78, 5) is 11.8. The molecule has 0 aliphatic carbocycles. The maximum absolute atomic E-state index is 11.8. The van der Waals surface area contributed by atoms with Gasteiger partial charge in [0.1, 0.15) is 0 Å². The highest BCUT2D eigenvalue weighted by atomic mass is 28.4. The van der Waals surface area contributed by atoms with Gasteiger partial charge in [-0.05, 0) is 31.6 Å². The first kappa shape index (κ1) is 13.3. The molecular formula is C14H20O3Si. The van der Waals surface area contributed by atoms with E-state index >= 15 is 0 Å². The van der Waals surface area contributed by atoms with Gasteiger partial charge >= 0.3 is 5.97 Å². The van der Waals surface area contributed by atoms with E-state index in [1.165, 1.54) is 0 Å². The van der Waals surface area contributed by atoms with Gasteiger partial charge in [-0.15, -0.1) is 0 Å². The molecule has 1 saturated heterocycles. The molecule has 0 saturated carbocycles. The average Bonchev–Trinajstić information content (AvgIpc) is 2.72. The largest absolute Gasteiger partial charge is 0.465 e. The van der Waals surface area contributed by atoms with Gasteiger partial charge in [-0.1, -0.05) is 30.3 Å². The number of benzene rings is 1. The van der Waals surface area contributed by atoms with E-state index in [4.69, 9.17) is 9.16 Å². The van der Waals surface area contributed by atoms with E-state index in [1.807, 2.05) is 30.3 Å². The highest BCUT2D eigenvalue weighted by Gasteiger charge is 2.38. The quantitative estimate of drug-likeness (QED) is 0.619. The van der Waals surface area contributed by atoms with E-state index in [9.17, 15) is 4.79 Å². The second kappa shape index (κ2) is 5.24. The smallest absolute Gasteiger partial charge is 0.312 e. The van der Waals surface area contributed by atoms with Crippen molar-refractivity contribution in [3.05, 3.63) is 35.9 Å². The molecule has 1 fully saturated rings. The van der Waals surface area contributed by atoms with Gasteiger partial charge in [0, 0.05) is 0 Å². The maximum Gasteiger partial charge on any atom is 0.312 e. The van der Waals surface area contributed by atoms with Crippen LogP contribution < -0.4 is 0 Å². The van der Waals surface area contributed by atoms with Crippen LogP contribution in [0.4, 0.5) is 0 Å². The van der Waals surface area contributed by atoms with Crippen molar-refractivity contribution >= 4 is 14.3 Å². The number of carbonyl (C=O) groups is 1. The summed E-state index contributed by atoms with van der Waals surface area (Å²) in [5.74, 6) is -0.277. The van der Waals surface area contributed by atoms with Crippen molar-refractivity contribution in [2.24, 2.45) is 5.92 Å². The Bertz CT molecular complexity index is 411. The number of hydrogen-bond donors (Lipinski definition) is 0. The molecule has 1 aliphatic rings. The van der Waals surface area contributed by atoms with Crippen LogP contribution in [0.3, 0.4) is 0 Å². The molecule has 0 radical (unpaired) electrons. The second-order valence-corrected chi connectivity index (χ2v) is 10.1. The van der Waals surface area contributed by atoms with Crippen LogP contribution >= 0.6 is 0 Å². The number of rotatable bonds is 4. The Balaban J connectivity index is 2.26. The van der Waals surface area contributed by atoms with E-state index in [1.54, 1.807) is 0 Å². The predicted molar refractivity (Wildman–Crippen MR) is 72.7 cm³/mol. The first-order valence-electron chi connectivity index (χ1n) is 6.37. The fraction of sp³-hybridized carbons (Fsp3) is 0.500. The Morgan fingerprint density at radius 2 is 1.94 bits per heavy atom. The van der Waals surface area contributed by atoms with Crippen LogP contribution in [0.5, 0.6) is 0 Å². The summed E-state index contributed by atoms with van der Waals surface area (Å²) in [6.45, 7) is 6.94. The molecule has 0 N–H and O–H groups in total. The van der Waals surface area contributed by atoms with Crippen molar-refractivity contribution in [2.45, 2.75) is 32.2 Å². The van der Waals surface area contributed by atoms with Crippen LogP contribution in [-0.2, 0) is 14.0 Å². The molecule has 1 aliphatic heterocycles. The van der Waals surface area contributed by atoms with Gasteiger partial charge in [0.15, 0.2) is 8.32 Å². The zero-order valence-electron chi connectivity index (χ0n) is 11.2. The molecule has 0 amide bonds. The fourth-order valence-corrected chi connectivity index (χ4v) is 3.25. The topological polar surface area (TPSA) is 35.5 Å². The molecule has 3 nitrogen and oxygen atoms in total. The lowest BCUT2D eigenvalue weighted by molar-refractivity contribution is -0.143. The lowest BCUT2D eigenvalue weighted by Crippen LogP contribution is -2.32. The van der Waals surface area contributed by atoms with Crippen molar-refractivity contribution in [3.8, 4) is 0 Å². The van der Waals surface area contributed by atoms with Crippen LogP contribution in [0, 0.1) is 5.92 Å². The zero-order valence-corrected chi connectivity index (χ0v) is 12.2.